The summed E-state index contributed by atoms with van der Waals surface area (Å²) in [7, 11) is -3.57. The normalized spacial score (nSPS) is 11.0. The van der Waals surface area contributed by atoms with E-state index >= 15 is 0 Å². The largest absolute Gasteiger partial charge is 0.339 e. The predicted octanol–water partition coefficient (Wildman–Crippen LogP) is 2.72. The molecule has 0 heterocycles. The molecule has 0 atom stereocenters. The lowest BCUT2D eigenvalue weighted by Crippen LogP contribution is -2.30. The quantitative estimate of drug-likeness (QED) is 0.754. The summed E-state index contributed by atoms with van der Waals surface area (Å²) in [6.45, 7) is 5.05. The molecule has 0 aromatic heterocycles. The second kappa shape index (κ2) is 9.32. The van der Waals surface area contributed by atoms with Crippen LogP contribution in [0.25, 0.3) is 0 Å². The molecule has 0 saturated heterocycles. The van der Waals surface area contributed by atoms with Crippen molar-refractivity contribution in [2.45, 2.75) is 19.6 Å². The van der Waals surface area contributed by atoms with Crippen LogP contribution in [0.15, 0.2) is 54.6 Å². The van der Waals surface area contributed by atoms with Crippen LogP contribution in [0.5, 0.6) is 0 Å². The third kappa shape index (κ3) is 6.21. The number of nitrogens with zero attached hydrogens (tertiary/aromatic N) is 1. The number of nitrogens with one attached hydrogen (secondary N) is 1. The van der Waals surface area contributed by atoms with Gasteiger partial charge >= 0.3 is 0 Å². The van der Waals surface area contributed by atoms with Gasteiger partial charge in [0.15, 0.2) is 9.84 Å². The highest BCUT2D eigenvalue weighted by Crippen LogP contribution is 2.13. The first-order chi connectivity index (χ1) is 12.8. The number of carbonyl (C=O) groups excluding carboxylic acids is 2. The van der Waals surface area contributed by atoms with E-state index in [1.165, 1.54) is 0 Å². The molecule has 0 bridgehead atoms. The van der Waals surface area contributed by atoms with Gasteiger partial charge in [0.25, 0.3) is 5.91 Å². The number of anilines is 1. The van der Waals surface area contributed by atoms with Gasteiger partial charge < -0.3 is 10.2 Å². The highest BCUT2D eigenvalue weighted by atomic mass is 32.2. The summed E-state index contributed by atoms with van der Waals surface area (Å²) in [5, 5.41) is 2.56. The molecule has 144 valence electrons. The summed E-state index contributed by atoms with van der Waals surface area (Å²) >= 11 is 0. The van der Waals surface area contributed by atoms with E-state index in [1.807, 2.05) is 13.8 Å². The molecule has 0 unspecified atom stereocenters. The molecule has 0 aliphatic heterocycles. The van der Waals surface area contributed by atoms with Crippen molar-refractivity contribution in [3.63, 3.8) is 0 Å². The molecule has 27 heavy (non-hydrogen) atoms. The van der Waals surface area contributed by atoms with Crippen LogP contribution in [-0.4, -0.2) is 44.0 Å². The molecule has 1 N–H and O–H groups in total. The second-order valence-corrected chi connectivity index (χ2v) is 8.19. The van der Waals surface area contributed by atoms with Gasteiger partial charge in [0.2, 0.25) is 5.91 Å². The van der Waals surface area contributed by atoms with Crippen molar-refractivity contribution in [2.24, 2.45) is 0 Å². The van der Waals surface area contributed by atoms with E-state index in [9.17, 15) is 18.0 Å². The molecular weight excluding hydrogens is 364 g/mol. The molecular formula is C20H24N2O4S. The van der Waals surface area contributed by atoms with E-state index in [1.54, 1.807) is 59.5 Å². The van der Waals surface area contributed by atoms with Crippen LogP contribution in [0.1, 0.15) is 29.8 Å². The number of carbonyl (C=O) groups is 2. The summed E-state index contributed by atoms with van der Waals surface area (Å²) in [4.78, 5) is 26.0. The third-order valence-electron chi connectivity index (χ3n) is 4.05. The Hall–Kier alpha value is -2.67. The van der Waals surface area contributed by atoms with Crippen LogP contribution in [0.4, 0.5) is 5.69 Å². The average molecular weight is 388 g/mol. The summed E-state index contributed by atoms with van der Waals surface area (Å²) in [6.07, 6.45) is 0. The summed E-state index contributed by atoms with van der Waals surface area (Å²) in [5.41, 5.74) is 1.61. The number of hydrogen-bond donors (Lipinski definition) is 1. The van der Waals surface area contributed by atoms with Crippen molar-refractivity contribution in [3.8, 4) is 0 Å². The number of benzene rings is 2. The van der Waals surface area contributed by atoms with Crippen LogP contribution in [-0.2, 0) is 20.4 Å². The number of amides is 2. The Labute approximate surface area is 160 Å². The van der Waals surface area contributed by atoms with Gasteiger partial charge in [-0.25, -0.2) is 8.42 Å². The van der Waals surface area contributed by atoms with Crippen molar-refractivity contribution >= 4 is 27.3 Å². The Morgan fingerprint density at radius 3 is 2.07 bits per heavy atom. The van der Waals surface area contributed by atoms with Gasteiger partial charge in [-0.3, -0.25) is 9.59 Å². The third-order valence-corrected chi connectivity index (χ3v) is 5.52. The first kappa shape index (κ1) is 20.6. The van der Waals surface area contributed by atoms with Gasteiger partial charge in [0.1, 0.15) is 5.75 Å². The first-order valence-corrected chi connectivity index (χ1v) is 10.6. The van der Waals surface area contributed by atoms with Crippen molar-refractivity contribution in [1.82, 2.24) is 4.90 Å². The molecule has 7 heteroatoms. The highest BCUT2D eigenvalue weighted by Gasteiger charge is 2.18. The van der Waals surface area contributed by atoms with Crippen LogP contribution in [0, 0.1) is 0 Å². The fourth-order valence-corrected chi connectivity index (χ4v) is 3.94. The summed E-state index contributed by atoms with van der Waals surface area (Å²) < 4.78 is 24.3. The summed E-state index contributed by atoms with van der Waals surface area (Å²) in [6, 6.07) is 15.2. The molecule has 0 saturated carbocycles. The van der Waals surface area contributed by atoms with E-state index in [0.717, 1.165) is 0 Å². The lowest BCUT2D eigenvalue weighted by atomic mass is 10.2. The molecule has 2 rings (SSSR count). The minimum absolute atomic E-state index is 0.0803. The molecule has 2 amide bonds. The van der Waals surface area contributed by atoms with Gasteiger partial charge in [0.05, 0.1) is 5.75 Å². The maximum atomic E-state index is 12.3. The van der Waals surface area contributed by atoms with Crippen LogP contribution in [0.3, 0.4) is 0 Å². The Morgan fingerprint density at radius 1 is 0.926 bits per heavy atom. The molecule has 2 aromatic carbocycles. The first-order valence-electron chi connectivity index (χ1n) is 8.78. The number of rotatable bonds is 8. The molecule has 0 aliphatic carbocycles. The Morgan fingerprint density at radius 2 is 1.52 bits per heavy atom. The maximum Gasteiger partial charge on any atom is 0.253 e. The molecule has 0 aliphatic rings. The molecule has 0 radical (unpaired) electrons. The van der Waals surface area contributed by atoms with Crippen molar-refractivity contribution in [3.05, 3.63) is 65.7 Å². The monoisotopic (exact) mass is 388 g/mol. The standard InChI is InChI=1S/C20H24N2O4S/c1-3-22(4-2)20(24)17-10-12-18(13-11-17)21-19(23)15-27(25,26)14-16-8-6-5-7-9-16/h5-13H,3-4,14-15H2,1-2H3,(H,21,23). The fourth-order valence-electron chi connectivity index (χ4n) is 2.67. The predicted molar refractivity (Wildman–Crippen MR) is 106 cm³/mol. The Kier molecular flexibility index (Phi) is 7.12. The number of hydrogen-bond acceptors (Lipinski definition) is 4. The minimum atomic E-state index is -3.57. The van der Waals surface area contributed by atoms with E-state index in [4.69, 9.17) is 0 Å². The molecule has 2 aromatic rings. The minimum Gasteiger partial charge on any atom is -0.339 e. The topological polar surface area (TPSA) is 83.6 Å². The van der Waals surface area contributed by atoms with E-state index in [0.29, 0.717) is 29.9 Å². The zero-order valence-corrected chi connectivity index (χ0v) is 16.3. The van der Waals surface area contributed by atoms with Crippen LogP contribution in [0.2, 0.25) is 0 Å². The lowest BCUT2D eigenvalue weighted by molar-refractivity contribution is -0.113. The zero-order chi connectivity index (χ0) is 19.9. The summed E-state index contributed by atoms with van der Waals surface area (Å²) in [5.74, 6) is -1.46. The smallest absolute Gasteiger partial charge is 0.253 e. The van der Waals surface area contributed by atoms with Crippen molar-refractivity contribution in [2.75, 3.05) is 24.2 Å². The van der Waals surface area contributed by atoms with Crippen LogP contribution >= 0.6 is 0 Å². The van der Waals surface area contributed by atoms with Crippen molar-refractivity contribution in [1.29, 1.82) is 0 Å². The van der Waals surface area contributed by atoms with Gasteiger partial charge in [0, 0.05) is 24.3 Å². The van der Waals surface area contributed by atoms with Gasteiger partial charge in [-0.2, -0.15) is 0 Å². The lowest BCUT2D eigenvalue weighted by Gasteiger charge is -2.18. The SMILES string of the molecule is CCN(CC)C(=O)c1ccc(NC(=O)CS(=O)(=O)Cc2ccccc2)cc1. The van der Waals surface area contributed by atoms with Crippen LogP contribution < -0.4 is 5.32 Å². The maximum absolute atomic E-state index is 12.3. The molecule has 0 spiro atoms. The zero-order valence-electron chi connectivity index (χ0n) is 15.5. The van der Waals surface area contributed by atoms with Crippen molar-refractivity contribution < 1.29 is 18.0 Å². The Bertz CT molecular complexity index is 874. The molecule has 6 nitrogen and oxygen atoms in total. The van der Waals surface area contributed by atoms with E-state index in [2.05, 4.69) is 5.32 Å². The van der Waals surface area contributed by atoms with E-state index < -0.39 is 21.5 Å². The highest BCUT2D eigenvalue weighted by molar-refractivity contribution is 7.91. The van der Waals surface area contributed by atoms with Gasteiger partial charge in [-0.05, 0) is 43.7 Å². The van der Waals surface area contributed by atoms with Gasteiger partial charge in [-0.15, -0.1) is 0 Å². The fraction of sp³-hybridized carbons (Fsp3) is 0.300. The molecule has 0 fully saturated rings. The Balaban J connectivity index is 1.96. The number of sulfone groups is 1. The average Bonchev–Trinajstić information content (AvgIpc) is 2.63. The van der Waals surface area contributed by atoms with Gasteiger partial charge in [-0.1, -0.05) is 30.3 Å². The van der Waals surface area contributed by atoms with E-state index in [-0.39, 0.29) is 11.7 Å². The second-order valence-electron chi connectivity index (χ2n) is 6.12.